The first kappa shape index (κ1) is 16.8. The van der Waals surface area contributed by atoms with Crippen LogP contribution in [-0.4, -0.2) is 52.5 Å². The highest BCUT2D eigenvalue weighted by atomic mass is 19.1. The maximum atomic E-state index is 14.1. The maximum absolute atomic E-state index is 14.1. The highest BCUT2D eigenvalue weighted by molar-refractivity contribution is 5.89. The average Bonchev–Trinajstić information content (AvgIpc) is 3.11. The van der Waals surface area contributed by atoms with Gasteiger partial charge in [-0.2, -0.15) is 0 Å². The summed E-state index contributed by atoms with van der Waals surface area (Å²) in [5.41, 5.74) is 0.0663. The summed E-state index contributed by atoms with van der Waals surface area (Å²) in [7, 11) is 0. The Kier molecular flexibility index (Phi) is 4.54. The molecule has 2 saturated heterocycles. The Morgan fingerprint density at radius 1 is 1.33 bits per heavy atom. The van der Waals surface area contributed by atoms with Crippen molar-refractivity contribution in [2.75, 3.05) is 19.6 Å². The molecule has 24 heavy (non-hydrogen) atoms. The number of carbonyl (C=O) groups is 2. The van der Waals surface area contributed by atoms with E-state index in [1.54, 1.807) is 4.90 Å². The number of aliphatic hydroxyl groups excluding tert-OH is 1. The Hall–Kier alpha value is -2.02. The Balaban J connectivity index is 1.84. The normalized spacial score (nSPS) is 27.2. The zero-order chi connectivity index (χ0) is 17.4. The topological polar surface area (TPSA) is 60.9 Å². The largest absolute Gasteiger partial charge is 0.391 e. The molecule has 2 aliphatic heterocycles. The van der Waals surface area contributed by atoms with Gasteiger partial charge in [0.2, 0.25) is 11.8 Å². The van der Waals surface area contributed by atoms with Crippen molar-refractivity contribution in [1.82, 2.24) is 9.80 Å². The molecule has 3 atom stereocenters. The fourth-order valence-electron chi connectivity index (χ4n) is 3.60. The van der Waals surface area contributed by atoms with Crippen LogP contribution in [0.15, 0.2) is 18.2 Å². The van der Waals surface area contributed by atoms with E-state index in [1.165, 1.54) is 4.90 Å². The van der Waals surface area contributed by atoms with E-state index in [0.717, 1.165) is 18.2 Å². The van der Waals surface area contributed by atoms with Crippen LogP contribution in [-0.2, 0) is 9.59 Å². The third kappa shape index (κ3) is 3.00. The van der Waals surface area contributed by atoms with Gasteiger partial charge in [-0.25, -0.2) is 8.78 Å². The molecular formula is C17H20F2N2O3. The maximum Gasteiger partial charge on any atom is 0.228 e. The first-order chi connectivity index (χ1) is 11.4. The van der Waals surface area contributed by atoms with Crippen LogP contribution in [0.1, 0.15) is 31.4 Å². The molecule has 2 heterocycles. The van der Waals surface area contributed by atoms with Crippen LogP contribution >= 0.6 is 0 Å². The van der Waals surface area contributed by atoms with Gasteiger partial charge in [0.25, 0.3) is 0 Å². The molecule has 1 aromatic rings. The summed E-state index contributed by atoms with van der Waals surface area (Å²) in [6, 6.07) is 2.39. The highest BCUT2D eigenvalue weighted by Gasteiger charge is 2.42. The van der Waals surface area contributed by atoms with Crippen molar-refractivity contribution in [3.05, 3.63) is 35.4 Å². The first-order valence-electron chi connectivity index (χ1n) is 8.12. The van der Waals surface area contributed by atoms with E-state index in [9.17, 15) is 23.5 Å². The molecule has 130 valence electrons. The second-order valence-electron chi connectivity index (χ2n) is 6.40. The number of carbonyl (C=O) groups excluding carboxylic acids is 2. The summed E-state index contributed by atoms with van der Waals surface area (Å²) < 4.78 is 27.6. The van der Waals surface area contributed by atoms with E-state index in [4.69, 9.17) is 0 Å². The number of halogens is 2. The molecule has 3 rings (SSSR count). The molecule has 0 spiro atoms. The second kappa shape index (κ2) is 6.47. The molecule has 0 aliphatic carbocycles. The molecule has 3 unspecified atom stereocenters. The summed E-state index contributed by atoms with van der Waals surface area (Å²) in [5, 5.41) is 9.95. The van der Waals surface area contributed by atoms with Gasteiger partial charge < -0.3 is 14.9 Å². The van der Waals surface area contributed by atoms with Crippen molar-refractivity contribution in [3.8, 4) is 0 Å². The van der Waals surface area contributed by atoms with Crippen LogP contribution in [0.5, 0.6) is 0 Å². The van der Waals surface area contributed by atoms with Gasteiger partial charge in [0.05, 0.1) is 18.1 Å². The number of hydrogen-bond acceptors (Lipinski definition) is 3. The quantitative estimate of drug-likeness (QED) is 0.908. The summed E-state index contributed by atoms with van der Waals surface area (Å²) in [4.78, 5) is 27.6. The Bertz CT molecular complexity index is 667. The fourth-order valence-corrected chi connectivity index (χ4v) is 3.60. The van der Waals surface area contributed by atoms with Gasteiger partial charge in [0.15, 0.2) is 0 Å². The Morgan fingerprint density at radius 3 is 2.75 bits per heavy atom. The van der Waals surface area contributed by atoms with E-state index in [1.807, 2.05) is 6.92 Å². The van der Waals surface area contributed by atoms with E-state index >= 15 is 0 Å². The van der Waals surface area contributed by atoms with Crippen LogP contribution in [0, 0.1) is 17.6 Å². The SMILES string of the molecule is CCN1CC(C(=O)N2CC(O)CC2c2cc(F)ccc2F)CC1=O. The molecular weight excluding hydrogens is 318 g/mol. The van der Waals surface area contributed by atoms with Crippen LogP contribution in [0.25, 0.3) is 0 Å². The summed E-state index contributed by atoms with van der Waals surface area (Å²) in [6.45, 7) is 2.78. The molecule has 5 nitrogen and oxygen atoms in total. The Labute approximate surface area is 138 Å². The highest BCUT2D eigenvalue weighted by Crippen LogP contribution is 2.36. The minimum atomic E-state index is -0.791. The van der Waals surface area contributed by atoms with Crippen LogP contribution < -0.4 is 0 Å². The molecule has 2 amide bonds. The lowest BCUT2D eigenvalue weighted by Gasteiger charge is -2.27. The van der Waals surface area contributed by atoms with Crippen LogP contribution in [0.4, 0.5) is 8.78 Å². The monoisotopic (exact) mass is 338 g/mol. The Morgan fingerprint density at radius 2 is 2.08 bits per heavy atom. The number of likely N-dealkylation sites (tertiary alicyclic amines) is 2. The summed E-state index contributed by atoms with van der Waals surface area (Å²) >= 11 is 0. The zero-order valence-corrected chi connectivity index (χ0v) is 13.4. The number of rotatable bonds is 3. The van der Waals surface area contributed by atoms with Gasteiger partial charge in [-0.05, 0) is 31.5 Å². The summed E-state index contributed by atoms with van der Waals surface area (Å²) in [5.74, 6) is -2.06. The molecule has 0 saturated carbocycles. The number of aliphatic hydroxyl groups is 1. The lowest BCUT2D eigenvalue weighted by Crippen LogP contribution is -2.38. The molecule has 2 aliphatic rings. The van der Waals surface area contributed by atoms with Gasteiger partial charge in [-0.15, -0.1) is 0 Å². The predicted octanol–water partition coefficient (Wildman–Crippen LogP) is 1.47. The molecule has 0 radical (unpaired) electrons. The van der Waals surface area contributed by atoms with Crippen LogP contribution in [0.2, 0.25) is 0 Å². The number of β-amino-alcohol motifs (C(OH)–C–C–N with tert-alkyl or cyclic N) is 1. The predicted molar refractivity (Wildman–Crippen MR) is 81.8 cm³/mol. The minimum absolute atomic E-state index is 0.0657. The smallest absolute Gasteiger partial charge is 0.228 e. The molecule has 7 heteroatoms. The molecule has 0 bridgehead atoms. The van der Waals surface area contributed by atoms with Crippen molar-refractivity contribution in [3.63, 3.8) is 0 Å². The number of amides is 2. The fraction of sp³-hybridized carbons (Fsp3) is 0.529. The zero-order valence-electron chi connectivity index (χ0n) is 13.4. The van der Waals surface area contributed by atoms with Crippen molar-refractivity contribution < 1.29 is 23.5 Å². The standard InChI is InChI=1S/C17H20F2N2O3/c1-2-20-8-10(5-16(20)23)17(24)21-9-12(22)7-15(21)13-6-11(18)3-4-14(13)19/h3-4,6,10,12,15,22H,2,5,7-9H2,1H3. The van der Waals surface area contributed by atoms with Crippen molar-refractivity contribution in [1.29, 1.82) is 0 Å². The van der Waals surface area contributed by atoms with Crippen molar-refractivity contribution in [2.24, 2.45) is 5.92 Å². The number of nitrogens with zero attached hydrogens (tertiary/aromatic N) is 2. The molecule has 2 fully saturated rings. The van der Waals surface area contributed by atoms with E-state index in [2.05, 4.69) is 0 Å². The average molecular weight is 338 g/mol. The molecule has 1 aromatic carbocycles. The first-order valence-corrected chi connectivity index (χ1v) is 8.12. The number of benzene rings is 1. The van der Waals surface area contributed by atoms with Gasteiger partial charge in [-0.1, -0.05) is 0 Å². The molecule has 1 N–H and O–H groups in total. The number of hydrogen-bond donors (Lipinski definition) is 1. The van der Waals surface area contributed by atoms with Crippen molar-refractivity contribution >= 4 is 11.8 Å². The molecule has 0 aromatic heterocycles. The van der Waals surface area contributed by atoms with E-state index in [0.29, 0.717) is 13.1 Å². The van der Waals surface area contributed by atoms with Gasteiger partial charge in [0, 0.05) is 31.6 Å². The summed E-state index contributed by atoms with van der Waals surface area (Å²) in [6.07, 6.45) is -0.511. The lowest BCUT2D eigenvalue weighted by molar-refractivity contribution is -0.137. The van der Waals surface area contributed by atoms with Crippen molar-refractivity contribution in [2.45, 2.75) is 31.9 Å². The minimum Gasteiger partial charge on any atom is -0.391 e. The van der Waals surface area contributed by atoms with E-state index in [-0.39, 0.29) is 36.8 Å². The van der Waals surface area contributed by atoms with Crippen LogP contribution in [0.3, 0.4) is 0 Å². The lowest BCUT2D eigenvalue weighted by atomic mass is 10.0. The second-order valence-corrected chi connectivity index (χ2v) is 6.40. The van der Waals surface area contributed by atoms with E-state index < -0.39 is 29.7 Å². The van der Waals surface area contributed by atoms with Gasteiger partial charge in [-0.3, -0.25) is 9.59 Å². The third-order valence-corrected chi connectivity index (χ3v) is 4.82. The third-order valence-electron chi connectivity index (χ3n) is 4.82. The van der Waals surface area contributed by atoms with Gasteiger partial charge >= 0.3 is 0 Å². The van der Waals surface area contributed by atoms with Gasteiger partial charge in [0.1, 0.15) is 11.6 Å².